The van der Waals surface area contributed by atoms with Gasteiger partial charge in [-0.25, -0.2) is 9.59 Å². The highest BCUT2D eigenvalue weighted by atomic mass is 32.1. The number of hydrogen-bond donors (Lipinski definition) is 3. The Bertz CT molecular complexity index is 885. The van der Waals surface area contributed by atoms with Gasteiger partial charge in [0.2, 0.25) is 5.91 Å². The Morgan fingerprint density at radius 3 is 2.57 bits per heavy atom. The molecule has 3 rings (SSSR count). The molecule has 146 valence electrons. The van der Waals surface area contributed by atoms with Crippen LogP contribution in [0.1, 0.15) is 23.8 Å². The molecule has 0 saturated carbocycles. The van der Waals surface area contributed by atoms with E-state index in [2.05, 4.69) is 16.0 Å². The smallest absolute Gasteiger partial charge is 0.325 e. The maximum absolute atomic E-state index is 12.7. The average Bonchev–Trinajstić information content (AvgIpc) is 3.28. The SMILES string of the molecule is C[C@]1(c2cccs2)NC(=O)N(CCC(=O)NC(=O)NCc2ccccc2)C1=O. The van der Waals surface area contributed by atoms with E-state index in [0.717, 1.165) is 15.3 Å². The van der Waals surface area contributed by atoms with Crippen LogP contribution in [-0.4, -0.2) is 35.3 Å². The molecule has 2 heterocycles. The highest BCUT2D eigenvalue weighted by Crippen LogP contribution is 2.31. The van der Waals surface area contributed by atoms with E-state index < -0.39 is 29.4 Å². The van der Waals surface area contributed by atoms with E-state index in [-0.39, 0.29) is 19.5 Å². The third-order valence-corrected chi connectivity index (χ3v) is 5.49. The first-order valence-corrected chi connectivity index (χ1v) is 9.58. The van der Waals surface area contributed by atoms with Crippen molar-refractivity contribution in [3.05, 3.63) is 58.3 Å². The Morgan fingerprint density at radius 1 is 1.14 bits per heavy atom. The van der Waals surface area contributed by atoms with Crippen LogP contribution in [0, 0.1) is 0 Å². The van der Waals surface area contributed by atoms with E-state index in [1.54, 1.807) is 19.1 Å². The molecule has 3 N–H and O–H groups in total. The molecule has 0 bridgehead atoms. The van der Waals surface area contributed by atoms with E-state index >= 15 is 0 Å². The summed E-state index contributed by atoms with van der Waals surface area (Å²) >= 11 is 1.37. The van der Waals surface area contributed by atoms with Crippen molar-refractivity contribution in [2.45, 2.75) is 25.4 Å². The van der Waals surface area contributed by atoms with Gasteiger partial charge in [-0.3, -0.25) is 19.8 Å². The van der Waals surface area contributed by atoms with Crippen LogP contribution in [0.5, 0.6) is 0 Å². The minimum atomic E-state index is -1.13. The molecule has 6 amide bonds. The van der Waals surface area contributed by atoms with E-state index in [1.807, 2.05) is 35.7 Å². The number of nitrogens with zero attached hydrogens (tertiary/aromatic N) is 1. The number of imide groups is 2. The first-order valence-electron chi connectivity index (χ1n) is 8.70. The zero-order valence-electron chi connectivity index (χ0n) is 15.2. The maximum Gasteiger partial charge on any atom is 0.325 e. The molecule has 1 aliphatic heterocycles. The predicted molar refractivity (Wildman–Crippen MR) is 103 cm³/mol. The third-order valence-electron chi connectivity index (χ3n) is 4.40. The van der Waals surface area contributed by atoms with Gasteiger partial charge in [-0.05, 0) is 23.9 Å². The Labute approximate surface area is 165 Å². The maximum atomic E-state index is 12.7. The lowest BCUT2D eigenvalue weighted by Gasteiger charge is -2.20. The van der Waals surface area contributed by atoms with Gasteiger partial charge in [0.1, 0.15) is 0 Å². The van der Waals surface area contributed by atoms with Crippen LogP contribution in [0.4, 0.5) is 9.59 Å². The van der Waals surface area contributed by atoms with E-state index in [0.29, 0.717) is 0 Å². The van der Waals surface area contributed by atoms with Gasteiger partial charge in [0.25, 0.3) is 5.91 Å². The summed E-state index contributed by atoms with van der Waals surface area (Å²) in [4.78, 5) is 50.4. The Balaban J connectivity index is 1.48. The van der Waals surface area contributed by atoms with Crippen molar-refractivity contribution in [2.75, 3.05) is 6.54 Å². The zero-order valence-corrected chi connectivity index (χ0v) is 16.0. The van der Waals surface area contributed by atoms with Crippen molar-refractivity contribution < 1.29 is 19.2 Å². The second kappa shape index (κ2) is 8.22. The molecule has 0 aliphatic carbocycles. The van der Waals surface area contributed by atoms with Crippen molar-refractivity contribution in [2.24, 2.45) is 0 Å². The standard InChI is InChI=1S/C19H20N4O4S/c1-19(14-8-5-11-28-14)16(25)23(18(27)22-19)10-9-15(24)21-17(26)20-12-13-6-3-2-4-7-13/h2-8,11H,9-10,12H2,1H3,(H,22,27)(H2,20,21,24,26)/t19-/m1/s1. The molecule has 2 aromatic rings. The normalized spacial score (nSPS) is 18.7. The van der Waals surface area contributed by atoms with Gasteiger partial charge >= 0.3 is 12.1 Å². The summed E-state index contributed by atoms with van der Waals surface area (Å²) in [5.74, 6) is -0.989. The first-order chi connectivity index (χ1) is 13.4. The van der Waals surface area contributed by atoms with Gasteiger partial charge in [0.05, 0.1) is 0 Å². The van der Waals surface area contributed by atoms with Gasteiger partial charge in [0, 0.05) is 24.4 Å². The van der Waals surface area contributed by atoms with E-state index in [1.165, 1.54) is 11.3 Å². The summed E-state index contributed by atoms with van der Waals surface area (Å²) in [5.41, 5.74) is -0.230. The van der Waals surface area contributed by atoms with Crippen molar-refractivity contribution in [1.82, 2.24) is 20.9 Å². The molecular formula is C19H20N4O4S. The Morgan fingerprint density at radius 2 is 1.89 bits per heavy atom. The van der Waals surface area contributed by atoms with Crippen molar-refractivity contribution in [3.63, 3.8) is 0 Å². The molecule has 8 nitrogen and oxygen atoms in total. The van der Waals surface area contributed by atoms with Crippen LogP contribution >= 0.6 is 11.3 Å². The summed E-state index contributed by atoms with van der Waals surface area (Å²) in [5, 5.41) is 9.27. The lowest BCUT2D eigenvalue weighted by Crippen LogP contribution is -2.42. The average molecular weight is 400 g/mol. The molecule has 28 heavy (non-hydrogen) atoms. The van der Waals surface area contributed by atoms with Crippen LogP contribution < -0.4 is 16.0 Å². The fraction of sp³-hybridized carbons (Fsp3) is 0.263. The molecule has 1 saturated heterocycles. The van der Waals surface area contributed by atoms with Gasteiger partial charge in [-0.1, -0.05) is 36.4 Å². The minimum absolute atomic E-state index is 0.108. The van der Waals surface area contributed by atoms with E-state index in [4.69, 9.17) is 0 Å². The number of benzene rings is 1. The van der Waals surface area contributed by atoms with Crippen LogP contribution in [-0.2, 0) is 21.7 Å². The molecule has 1 aromatic heterocycles. The number of carbonyl (C=O) groups is 4. The summed E-state index contributed by atoms with van der Waals surface area (Å²) in [7, 11) is 0. The van der Waals surface area contributed by atoms with Crippen LogP contribution in [0.2, 0.25) is 0 Å². The number of nitrogens with one attached hydrogen (secondary N) is 3. The quantitative estimate of drug-likeness (QED) is 0.644. The second-order valence-corrected chi connectivity index (χ2v) is 7.40. The molecule has 1 fully saturated rings. The highest BCUT2D eigenvalue weighted by Gasteiger charge is 2.49. The molecule has 9 heteroatoms. The molecule has 0 unspecified atom stereocenters. The van der Waals surface area contributed by atoms with Crippen LogP contribution in [0.15, 0.2) is 47.8 Å². The van der Waals surface area contributed by atoms with E-state index in [9.17, 15) is 19.2 Å². The molecule has 1 atom stereocenters. The molecule has 1 aliphatic rings. The predicted octanol–water partition coefficient (Wildman–Crippen LogP) is 1.93. The number of thiophene rings is 1. The molecule has 0 spiro atoms. The summed E-state index contributed by atoms with van der Waals surface area (Å²) in [6.07, 6.45) is -0.168. The monoisotopic (exact) mass is 400 g/mol. The van der Waals surface area contributed by atoms with Crippen molar-refractivity contribution in [3.8, 4) is 0 Å². The third kappa shape index (κ3) is 4.20. The Kier molecular flexibility index (Phi) is 5.74. The number of hydrogen-bond acceptors (Lipinski definition) is 5. The lowest BCUT2D eigenvalue weighted by atomic mass is 10.0. The topological polar surface area (TPSA) is 108 Å². The summed E-state index contributed by atoms with van der Waals surface area (Å²) < 4.78 is 0. The molecule has 0 radical (unpaired) electrons. The fourth-order valence-electron chi connectivity index (χ4n) is 2.85. The summed E-state index contributed by atoms with van der Waals surface area (Å²) in [6, 6.07) is 11.7. The number of rotatable bonds is 6. The van der Waals surface area contributed by atoms with Crippen molar-refractivity contribution >= 4 is 35.2 Å². The van der Waals surface area contributed by atoms with Gasteiger partial charge in [-0.2, -0.15) is 0 Å². The van der Waals surface area contributed by atoms with Crippen LogP contribution in [0.3, 0.4) is 0 Å². The van der Waals surface area contributed by atoms with Crippen molar-refractivity contribution in [1.29, 1.82) is 0 Å². The zero-order chi connectivity index (χ0) is 20.1. The molecule has 1 aromatic carbocycles. The highest BCUT2D eigenvalue weighted by molar-refractivity contribution is 7.10. The number of amides is 6. The molecular weight excluding hydrogens is 380 g/mol. The minimum Gasteiger partial charge on any atom is -0.334 e. The fourth-order valence-corrected chi connectivity index (χ4v) is 3.69. The number of urea groups is 2. The van der Waals surface area contributed by atoms with Crippen LogP contribution in [0.25, 0.3) is 0 Å². The second-order valence-electron chi connectivity index (χ2n) is 6.46. The number of carbonyl (C=O) groups excluding carboxylic acids is 4. The largest absolute Gasteiger partial charge is 0.334 e. The Hall–Kier alpha value is -3.20. The van der Waals surface area contributed by atoms with Gasteiger partial charge in [-0.15, -0.1) is 11.3 Å². The first kappa shape index (κ1) is 19.6. The van der Waals surface area contributed by atoms with Gasteiger partial charge in [0.15, 0.2) is 5.54 Å². The van der Waals surface area contributed by atoms with Gasteiger partial charge < -0.3 is 10.6 Å². The summed E-state index contributed by atoms with van der Waals surface area (Å²) in [6.45, 7) is 1.81. The lowest BCUT2D eigenvalue weighted by molar-refractivity contribution is -0.131.